The second kappa shape index (κ2) is 10.8. The van der Waals surface area contributed by atoms with Gasteiger partial charge in [-0.3, -0.25) is 14.6 Å². The minimum atomic E-state index is -0.624. The number of nitrogens with zero attached hydrogens (tertiary/aromatic N) is 2. The molecule has 0 spiro atoms. The number of carbonyl (C=O) groups is 1. The number of fused-ring (bicyclic) bond motifs is 1. The number of nitrogens with one attached hydrogen (secondary N) is 2. The van der Waals surface area contributed by atoms with Gasteiger partial charge in [0.15, 0.2) is 0 Å². The second-order valence-electron chi connectivity index (χ2n) is 10.1. The fraction of sp³-hybridized carbons (Fsp3) is 0.429. The smallest absolute Gasteiger partial charge is 0.352 e. The first kappa shape index (κ1) is 26.1. The van der Waals surface area contributed by atoms with Crippen molar-refractivity contribution in [3.8, 4) is 11.1 Å². The molecule has 1 atom stereocenters. The molecule has 186 valence electrons. The van der Waals surface area contributed by atoms with Crippen molar-refractivity contribution in [2.24, 2.45) is 0 Å². The molecule has 0 radical (unpaired) electrons. The summed E-state index contributed by atoms with van der Waals surface area (Å²) in [7, 11) is 0. The molecule has 2 aromatic heterocycles. The molecule has 0 aliphatic heterocycles. The lowest BCUT2D eigenvalue weighted by atomic mass is 10.0. The fourth-order valence-corrected chi connectivity index (χ4v) is 3.90. The van der Waals surface area contributed by atoms with Crippen molar-refractivity contribution in [1.82, 2.24) is 9.38 Å². The largest absolute Gasteiger partial charge is 0.456 e. The number of pyridine rings is 1. The number of unbranched alkanes of at least 4 members (excludes halogenated alkanes) is 1. The molecule has 0 aliphatic carbocycles. The molecule has 35 heavy (non-hydrogen) atoms. The first-order chi connectivity index (χ1) is 16.5. The van der Waals surface area contributed by atoms with Gasteiger partial charge in [0.25, 0.3) is 5.56 Å². The van der Waals surface area contributed by atoms with Gasteiger partial charge in [0.05, 0.1) is 11.3 Å². The van der Waals surface area contributed by atoms with Gasteiger partial charge in [-0.2, -0.15) is 0 Å². The molecular formula is C28H36N4O3. The zero-order chi connectivity index (χ0) is 25.8. The van der Waals surface area contributed by atoms with Crippen molar-refractivity contribution in [2.45, 2.75) is 78.9 Å². The highest BCUT2D eigenvalue weighted by atomic mass is 16.6. The van der Waals surface area contributed by atoms with E-state index in [0.717, 1.165) is 41.8 Å². The quantitative estimate of drug-likeness (QED) is 0.311. The number of hydrogen-bond donors (Lipinski definition) is 2. The van der Waals surface area contributed by atoms with Crippen LogP contribution in [0.1, 0.15) is 65.1 Å². The van der Waals surface area contributed by atoms with Crippen LogP contribution in [-0.4, -0.2) is 32.7 Å². The van der Waals surface area contributed by atoms with Crippen molar-refractivity contribution < 1.29 is 9.53 Å². The van der Waals surface area contributed by atoms with Crippen LogP contribution in [0.15, 0.2) is 47.4 Å². The number of carbonyl (C=O) groups excluding carboxylic acids is 1. The molecule has 7 nitrogen and oxygen atoms in total. The Kier molecular flexibility index (Phi) is 8.10. The van der Waals surface area contributed by atoms with E-state index >= 15 is 0 Å². The zero-order valence-electron chi connectivity index (χ0n) is 21.6. The highest BCUT2D eigenvalue weighted by Gasteiger charge is 2.21. The first-order valence-electron chi connectivity index (χ1n) is 12.2. The highest BCUT2D eigenvalue weighted by Crippen LogP contribution is 2.24. The Morgan fingerprint density at radius 3 is 2.49 bits per heavy atom. The maximum Gasteiger partial charge on any atom is 0.352 e. The van der Waals surface area contributed by atoms with Crippen molar-refractivity contribution in [3.05, 3.63) is 64.2 Å². The fourth-order valence-electron chi connectivity index (χ4n) is 3.90. The average molecular weight is 477 g/mol. The van der Waals surface area contributed by atoms with Crippen LogP contribution in [0.2, 0.25) is 0 Å². The molecule has 0 bridgehead atoms. The number of benzene rings is 1. The Morgan fingerprint density at radius 1 is 1.17 bits per heavy atom. The van der Waals surface area contributed by atoms with E-state index in [1.165, 1.54) is 0 Å². The van der Waals surface area contributed by atoms with Gasteiger partial charge in [0, 0.05) is 24.3 Å². The van der Waals surface area contributed by atoms with Gasteiger partial charge in [0.1, 0.15) is 17.0 Å². The van der Waals surface area contributed by atoms with Crippen molar-refractivity contribution >= 4 is 23.0 Å². The predicted molar refractivity (Wildman–Crippen MR) is 142 cm³/mol. The summed E-state index contributed by atoms with van der Waals surface area (Å²) in [5, 5.41) is 11.4. The monoisotopic (exact) mass is 476 g/mol. The Hall–Kier alpha value is -3.48. The zero-order valence-corrected chi connectivity index (χ0v) is 21.6. The number of aromatic nitrogens is 2. The number of rotatable bonds is 9. The van der Waals surface area contributed by atoms with Gasteiger partial charge in [-0.15, -0.1) is 0 Å². The van der Waals surface area contributed by atoms with E-state index in [-0.39, 0.29) is 23.7 Å². The van der Waals surface area contributed by atoms with Gasteiger partial charge in [-0.1, -0.05) is 31.5 Å². The van der Waals surface area contributed by atoms with Gasteiger partial charge < -0.3 is 10.1 Å². The lowest BCUT2D eigenvalue weighted by Crippen LogP contribution is -2.31. The lowest BCUT2D eigenvalue weighted by molar-refractivity contribution is -0.146. The van der Waals surface area contributed by atoms with Crippen molar-refractivity contribution in [2.75, 3.05) is 5.32 Å². The summed E-state index contributed by atoms with van der Waals surface area (Å²) in [4.78, 5) is 30.4. The SMILES string of the molecule is CCCCc1nc2ccc(C)cn2c(=O)c1-c1ccc(NC(C)CC(=N)C(=O)OC(C)(C)C)cc1. The third-order valence-electron chi connectivity index (χ3n) is 5.55. The predicted octanol–water partition coefficient (Wildman–Crippen LogP) is 5.56. The highest BCUT2D eigenvalue weighted by molar-refractivity contribution is 6.35. The number of anilines is 1. The molecular weight excluding hydrogens is 440 g/mol. The first-order valence-corrected chi connectivity index (χ1v) is 12.2. The van der Waals surface area contributed by atoms with Crippen LogP contribution in [0.4, 0.5) is 5.69 Å². The van der Waals surface area contributed by atoms with Crippen LogP contribution < -0.4 is 10.9 Å². The second-order valence-corrected chi connectivity index (χ2v) is 10.1. The van der Waals surface area contributed by atoms with Gasteiger partial charge in [-0.25, -0.2) is 9.78 Å². The van der Waals surface area contributed by atoms with E-state index in [1.807, 2.05) is 56.4 Å². The summed E-state index contributed by atoms with van der Waals surface area (Å²) in [5.74, 6) is -0.597. The molecule has 3 rings (SSSR count). The Bertz CT molecular complexity index is 1270. The normalized spacial score (nSPS) is 12.4. The Morgan fingerprint density at radius 2 is 1.86 bits per heavy atom. The summed E-state index contributed by atoms with van der Waals surface area (Å²) in [6.45, 7) is 11.4. The summed E-state index contributed by atoms with van der Waals surface area (Å²) in [6, 6.07) is 11.4. The number of hydrogen-bond acceptors (Lipinski definition) is 6. The minimum absolute atomic E-state index is 0.0651. The van der Waals surface area contributed by atoms with Crippen molar-refractivity contribution in [1.29, 1.82) is 5.41 Å². The number of aryl methyl sites for hydroxylation is 2. The van der Waals surface area contributed by atoms with Crippen LogP contribution in [0, 0.1) is 12.3 Å². The third kappa shape index (κ3) is 6.78. The third-order valence-corrected chi connectivity index (χ3v) is 5.55. The molecule has 0 saturated carbocycles. The van der Waals surface area contributed by atoms with Gasteiger partial charge in [-0.05, 0) is 76.8 Å². The van der Waals surface area contributed by atoms with Crippen LogP contribution in [0.3, 0.4) is 0 Å². The number of ether oxygens (including phenoxy) is 1. The van der Waals surface area contributed by atoms with E-state index in [0.29, 0.717) is 11.2 Å². The van der Waals surface area contributed by atoms with Crippen LogP contribution in [-0.2, 0) is 16.0 Å². The van der Waals surface area contributed by atoms with E-state index in [2.05, 4.69) is 12.2 Å². The maximum absolute atomic E-state index is 13.5. The van der Waals surface area contributed by atoms with E-state index in [9.17, 15) is 9.59 Å². The molecule has 2 N–H and O–H groups in total. The molecule has 7 heteroatoms. The van der Waals surface area contributed by atoms with Crippen LogP contribution in [0.5, 0.6) is 0 Å². The standard InChI is InChI=1S/C28H36N4O3/c1-7-8-9-23-25(26(33)32-17-18(2)10-15-24(32)31-23)20-11-13-21(14-12-20)30-19(3)16-22(29)27(34)35-28(4,5)6/h10-15,17,19,29-30H,7-9,16H2,1-6H3. The molecule has 0 saturated heterocycles. The van der Waals surface area contributed by atoms with E-state index in [4.69, 9.17) is 15.1 Å². The molecule has 3 aromatic rings. The Labute approximate surface area is 207 Å². The molecule has 0 aliphatic rings. The lowest BCUT2D eigenvalue weighted by Gasteiger charge is -2.21. The van der Waals surface area contributed by atoms with E-state index < -0.39 is 11.6 Å². The van der Waals surface area contributed by atoms with Crippen LogP contribution >= 0.6 is 0 Å². The topological polar surface area (TPSA) is 96.5 Å². The summed E-state index contributed by atoms with van der Waals surface area (Å²) >= 11 is 0. The summed E-state index contributed by atoms with van der Waals surface area (Å²) in [5.41, 5.74) is 4.03. The van der Waals surface area contributed by atoms with E-state index in [1.54, 1.807) is 25.2 Å². The molecule has 0 fully saturated rings. The van der Waals surface area contributed by atoms with Crippen molar-refractivity contribution in [3.63, 3.8) is 0 Å². The minimum Gasteiger partial charge on any atom is -0.456 e. The average Bonchev–Trinajstić information content (AvgIpc) is 2.77. The summed E-state index contributed by atoms with van der Waals surface area (Å²) < 4.78 is 6.90. The Balaban J connectivity index is 1.82. The molecule has 0 amide bonds. The van der Waals surface area contributed by atoms with Gasteiger partial charge in [0.2, 0.25) is 0 Å². The molecule has 1 unspecified atom stereocenters. The van der Waals surface area contributed by atoms with Crippen LogP contribution in [0.25, 0.3) is 16.8 Å². The number of esters is 1. The maximum atomic E-state index is 13.5. The van der Waals surface area contributed by atoms with Gasteiger partial charge >= 0.3 is 5.97 Å². The molecule has 1 aromatic carbocycles. The molecule has 2 heterocycles. The summed E-state index contributed by atoms with van der Waals surface area (Å²) in [6.07, 6.45) is 4.80.